The van der Waals surface area contributed by atoms with E-state index in [9.17, 15) is 27.9 Å². The number of carbonyl (C=O) groups excluding carboxylic acids is 1. The van der Waals surface area contributed by atoms with Crippen LogP contribution in [0.15, 0.2) is 30.6 Å². The van der Waals surface area contributed by atoms with Crippen molar-refractivity contribution in [2.75, 3.05) is 31.1 Å². The first-order valence-corrected chi connectivity index (χ1v) is 15.5. The molecule has 0 amide bonds. The summed E-state index contributed by atoms with van der Waals surface area (Å²) in [5.41, 5.74) is 1.72. The van der Waals surface area contributed by atoms with Crippen LogP contribution < -0.4 is 9.64 Å². The molecule has 2 fully saturated rings. The average molecular weight is 632 g/mol. The van der Waals surface area contributed by atoms with Crippen molar-refractivity contribution in [3.8, 4) is 17.0 Å². The second kappa shape index (κ2) is 12.8. The zero-order valence-electron chi connectivity index (χ0n) is 25.0. The van der Waals surface area contributed by atoms with Crippen LogP contribution in [-0.2, 0) is 17.8 Å². The van der Waals surface area contributed by atoms with E-state index < -0.39 is 12.3 Å². The van der Waals surface area contributed by atoms with E-state index in [1.54, 1.807) is 19.1 Å². The number of benzene rings is 1. The Morgan fingerprint density at radius 2 is 1.89 bits per heavy atom. The van der Waals surface area contributed by atoms with E-state index in [1.165, 1.54) is 29.8 Å². The van der Waals surface area contributed by atoms with Crippen LogP contribution in [0.25, 0.3) is 11.3 Å². The lowest BCUT2D eigenvalue weighted by Gasteiger charge is -2.37. The molecule has 0 radical (unpaired) electrons. The molecule has 2 aliphatic heterocycles. The number of nitrogens with zero attached hydrogens (tertiary/aromatic N) is 5. The summed E-state index contributed by atoms with van der Waals surface area (Å²) in [7, 11) is 0. The fraction of sp³-hybridized carbons (Fsp3) is 0.516. The molecule has 2 aliphatic rings. The molecule has 4 heterocycles. The number of hydrogen-bond donors (Lipinski definition) is 1. The van der Waals surface area contributed by atoms with E-state index in [1.807, 2.05) is 4.90 Å². The summed E-state index contributed by atoms with van der Waals surface area (Å²) in [6.45, 7) is 9.45. The molecule has 1 aromatic carbocycles. The number of aliphatic carboxylic acids is 1. The first-order chi connectivity index (χ1) is 20.8. The van der Waals surface area contributed by atoms with Crippen molar-refractivity contribution in [3.05, 3.63) is 51.7 Å². The van der Waals surface area contributed by atoms with Crippen molar-refractivity contribution in [2.24, 2.45) is 11.3 Å². The Balaban J connectivity index is 1.36. The molecule has 0 spiro atoms. The van der Waals surface area contributed by atoms with Crippen LogP contribution in [0.4, 0.5) is 19.0 Å². The Hall–Kier alpha value is -3.58. The number of rotatable bonds is 9. The average Bonchev–Trinajstić information content (AvgIpc) is 3.34. The highest BCUT2D eigenvalue weighted by molar-refractivity contribution is 7.12. The summed E-state index contributed by atoms with van der Waals surface area (Å²) in [6.07, 6.45) is 1.31. The highest BCUT2D eigenvalue weighted by atomic mass is 32.1. The number of ether oxygens (including phenoxy) is 1. The van der Waals surface area contributed by atoms with Gasteiger partial charge in [-0.3, -0.25) is 14.5 Å². The first kappa shape index (κ1) is 31.8. The minimum absolute atomic E-state index is 0.0288. The van der Waals surface area contributed by atoms with Gasteiger partial charge in [0.2, 0.25) is 0 Å². The standard InChI is InChI=1S/C31H36F3N5O4S/c1-19-5-6-21(13-24(19)43-31(32,33)34)28-25(17-38-10-4-9-30(2,3)18-38)44-27(37-28)14-23(40)22-15-36-26(16-35-22)39-11-7-20(8-12-39)29(41)42/h5-6,13,15-16,20H,4,7-12,14,17-18H2,1-3H3,(H,41,42). The lowest BCUT2D eigenvalue weighted by molar-refractivity contribution is -0.274. The number of ketones is 1. The molecule has 0 atom stereocenters. The summed E-state index contributed by atoms with van der Waals surface area (Å²) in [6, 6.07) is 4.67. The topological polar surface area (TPSA) is 109 Å². The second-order valence-corrected chi connectivity index (χ2v) is 13.5. The molecule has 0 bridgehead atoms. The quantitative estimate of drug-likeness (QED) is 0.278. The van der Waals surface area contributed by atoms with Crippen LogP contribution >= 0.6 is 11.3 Å². The highest BCUT2D eigenvalue weighted by Crippen LogP contribution is 2.37. The monoisotopic (exact) mass is 631 g/mol. The van der Waals surface area contributed by atoms with Gasteiger partial charge in [0.05, 0.1) is 30.4 Å². The van der Waals surface area contributed by atoms with Gasteiger partial charge in [-0.15, -0.1) is 24.5 Å². The Bertz CT molecular complexity index is 1500. The summed E-state index contributed by atoms with van der Waals surface area (Å²) in [4.78, 5) is 43.1. The SMILES string of the molecule is Cc1ccc(-c2nc(CC(=O)c3cnc(N4CCC(C(=O)O)CC4)cn3)sc2CN2CCCC(C)(C)C2)cc1OC(F)(F)F. The number of anilines is 1. The zero-order chi connectivity index (χ0) is 31.6. The number of carboxylic acids is 1. The van der Waals surface area contributed by atoms with Crippen LogP contribution in [0.5, 0.6) is 5.75 Å². The van der Waals surface area contributed by atoms with Gasteiger partial charge in [-0.05, 0) is 56.2 Å². The van der Waals surface area contributed by atoms with Gasteiger partial charge in [-0.2, -0.15) is 0 Å². The van der Waals surface area contributed by atoms with Gasteiger partial charge >= 0.3 is 12.3 Å². The molecule has 3 aromatic rings. The number of likely N-dealkylation sites (tertiary alicyclic amines) is 1. The molecule has 0 unspecified atom stereocenters. The zero-order valence-corrected chi connectivity index (χ0v) is 25.8. The molecule has 0 saturated carbocycles. The number of alkyl halides is 3. The lowest BCUT2D eigenvalue weighted by Crippen LogP contribution is -2.39. The van der Waals surface area contributed by atoms with E-state index >= 15 is 0 Å². The van der Waals surface area contributed by atoms with Gasteiger partial charge in [-0.1, -0.05) is 26.0 Å². The van der Waals surface area contributed by atoms with Crippen LogP contribution in [0.2, 0.25) is 0 Å². The first-order valence-electron chi connectivity index (χ1n) is 14.7. The van der Waals surface area contributed by atoms with E-state index in [-0.39, 0.29) is 35.0 Å². The van der Waals surface area contributed by atoms with Crippen molar-refractivity contribution in [3.63, 3.8) is 0 Å². The molecule has 0 aliphatic carbocycles. The largest absolute Gasteiger partial charge is 0.573 e. The summed E-state index contributed by atoms with van der Waals surface area (Å²) in [5, 5.41) is 9.77. The maximum atomic E-state index is 13.2. The van der Waals surface area contributed by atoms with Gasteiger partial charge in [0.1, 0.15) is 22.3 Å². The van der Waals surface area contributed by atoms with Crippen LogP contribution in [0, 0.1) is 18.3 Å². The lowest BCUT2D eigenvalue weighted by atomic mass is 9.84. The summed E-state index contributed by atoms with van der Waals surface area (Å²) >= 11 is 1.38. The third-order valence-corrected chi connectivity index (χ3v) is 9.22. The molecule has 5 rings (SSSR count). The van der Waals surface area contributed by atoms with Gasteiger partial charge in [-0.25, -0.2) is 15.0 Å². The van der Waals surface area contributed by atoms with E-state index in [2.05, 4.69) is 33.5 Å². The maximum Gasteiger partial charge on any atom is 0.573 e. The molecule has 2 aromatic heterocycles. The number of piperidine rings is 2. The van der Waals surface area contributed by atoms with Crippen LogP contribution in [-0.4, -0.2) is 69.3 Å². The van der Waals surface area contributed by atoms with Crippen molar-refractivity contribution in [1.82, 2.24) is 19.9 Å². The highest BCUT2D eigenvalue weighted by Gasteiger charge is 2.33. The van der Waals surface area contributed by atoms with Gasteiger partial charge < -0.3 is 14.7 Å². The van der Waals surface area contributed by atoms with Crippen molar-refractivity contribution in [2.45, 2.75) is 65.8 Å². The van der Waals surface area contributed by atoms with Crippen LogP contribution in [0.1, 0.15) is 65.5 Å². The Labute approximate surface area is 258 Å². The number of Topliss-reactive ketones (excluding diaryl/α,β-unsaturated/α-hetero) is 1. The molecular weight excluding hydrogens is 595 g/mol. The Morgan fingerprint density at radius 1 is 1.14 bits per heavy atom. The van der Waals surface area contributed by atoms with Gasteiger partial charge in [0.25, 0.3) is 0 Å². The van der Waals surface area contributed by atoms with E-state index in [0.717, 1.165) is 30.8 Å². The fourth-order valence-corrected chi connectivity index (χ4v) is 7.02. The second-order valence-electron chi connectivity index (χ2n) is 12.3. The third kappa shape index (κ3) is 7.92. The van der Waals surface area contributed by atoms with Gasteiger partial charge in [0, 0.05) is 36.6 Å². The Morgan fingerprint density at radius 3 is 2.52 bits per heavy atom. The number of aryl methyl sites for hydroxylation is 1. The number of hydrogen-bond acceptors (Lipinski definition) is 9. The van der Waals surface area contributed by atoms with E-state index in [4.69, 9.17) is 4.98 Å². The molecule has 13 heteroatoms. The normalized spacial score (nSPS) is 17.9. The molecule has 1 N–H and O–H groups in total. The minimum Gasteiger partial charge on any atom is -0.481 e. The van der Waals surface area contributed by atoms with Crippen molar-refractivity contribution >= 4 is 28.9 Å². The summed E-state index contributed by atoms with van der Waals surface area (Å²) < 4.78 is 43.5. The number of halogens is 3. The molecular formula is C31H36F3N5O4S. The number of thiazole rings is 1. The maximum absolute atomic E-state index is 13.2. The molecule has 9 nitrogen and oxygen atoms in total. The van der Waals surface area contributed by atoms with Crippen molar-refractivity contribution < 1.29 is 32.6 Å². The fourth-order valence-electron chi connectivity index (χ4n) is 5.89. The van der Waals surface area contributed by atoms with Crippen molar-refractivity contribution in [1.29, 1.82) is 0 Å². The predicted molar refractivity (Wildman–Crippen MR) is 160 cm³/mol. The number of aromatic nitrogens is 3. The summed E-state index contributed by atoms with van der Waals surface area (Å²) in [5.74, 6) is -1.12. The smallest absolute Gasteiger partial charge is 0.481 e. The number of carboxylic acid groups (broad SMARTS) is 1. The van der Waals surface area contributed by atoms with Crippen LogP contribution in [0.3, 0.4) is 0 Å². The number of carbonyl (C=O) groups is 2. The third-order valence-electron chi connectivity index (χ3n) is 8.18. The molecule has 2 saturated heterocycles. The van der Waals surface area contributed by atoms with Gasteiger partial charge in [0.15, 0.2) is 5.78 Å². The molecule has 236 valence electrons. The van der Waals surface area contributed by atoms with E-state index in [0.29, 0.717) is 60.1 Å². The molecule has 44 heavy (non-hydrogen) atoms. The Kier molecular flexibility index (Phi) is 9.26. The minimum atomic E-state index is -4.82. The predicted octanol–water partition coefficient (Wildman–Crippen LogP) is 6.16.